The van der Waals surface area contributed by atoms with E-state index in [1.165, 1.54) is 34.8 Å². The number of carbonyl (C=O) groups excluding carboxylic acids is 1. The Kier molecular flexibility index (Phi) is 4.16. The number of thiophene rings is 1. The maximum absolute atomic E-state index is 12.2. The van der Waals surface area contributed by atoms with E-state index in [4.69, 9.17) is 0 Å². The van der Waals surface area contributed by atoms with Crippen molar-refractivity contribution in [1.82, 2.24) is 9.97 Å². The zero-order valence-electron chi connectivity index (χ0n) is 12.3. The molecule has 0 radical (unpaired) electrons. The summed E-state index contributed by atoms with van der Waals surface area (Å²) in [6.07, 6.45) is 8.62. The maximum Gasteiger partial charge on any atom is 0.276 e. The Hall–Kier alpha value is -2.26. The molecule has 22 heavy (non-hydrogen) atoms. The Morgan fingerprint density at radius 3 is 3.09 bits per heavy atom. The number of aromatic nitrogens is 2. The van der Waals surface area contributed by atoms with Gasteiger partial charge in [-0.3, -0.25) is 9.78 Å². The highest BCUT2D eigenvalue weighted by Crippen LogP contribution is 2.40. The van der Waals surface area contributed by atoms with E-state index in [0.717, 1.165) is 31.2 Å². The number of amides is 1. The molecule has 0 spiro atoms. The van der Waals surface area contributed by atoms with Gasteiger partial charge >= 0.3 is 0 Å². The van der Waals surface area contributed by atoms with Crippen LogP contribution in [0.15, 0.2) is 18.6 Å². The van der Waals surface area contributed by atoms with Crippen LogP contribution in [0, 0.1) is 17.2 Å². The number of anilines is 1. The van der Waals surface area contributed by atoms with Crippen LogP contribution in [0.1, 0.15) is 46.3 Å². The lowest BCUT2D eigenvalue weighted by Crippen LogP contribution is -2.14. The lowest BCUT2D eigenvalue weighted by Gasteiger charge is -2.20. The SMILES string of the molecule is CCC1CCc2c(sc(NC(=O)c3cnccn3)c2C#N)C1. The average molecular weight is 312 g/mol. The standard InChI is InChI=1S/C16H16N4OS/c1-2-10-3-4-11-12(8-17)16(22-14(11)7-10)20-15(21)13-9-18-5-6-19-13/h5-6,9-10H,2-4,7H2,1H3,(H,20,21). The van der Waals surface area contributed by atoms with Gasteiger partial charge in [0.1, 0.15) is 16.8 Å². The first-order valence-corrected chi connectivity index (χ1v) is 8.16. The normalized spacial score (nSPS) is 16.6. The van der Waals surface area contributed by atoms with Crippen LogP contribution in [0.3, 0.4) is 0 Å². The second-order valence-corrected chi connectivity index (χ2v) is 6.49. The average Bonchev–Trinajstić information content (AvgIpc) is 2.91. The monoisotopic (exact) mass is 312 g/mol. The summed E-state index contributed by atoms with van der Waals surface area (Å²) in [4.78, 5) is 21.3. The minimum absolute atomic E-state index is 0.254. The van der Waals surface area contributed by atoms with Crippen molar-refractivity contribution in [2.45, 2.75) is 32.6 Å². The minimum atomic E-state index is -0.324. The van der Waals surface area contributed by atoms with E-state index >= 15 is 0 Å². The van der Waals surface area contributed by atoms with E-state index in [2.05, 4.69) is 28.3 Å². The summed E-state index contributed by atoms with van der Waals surface area (Å²) < 4.78 is 0. The smallest absolute Gasteiger partial charge is 0.276 e. The molecule has 2 aromatic rings. The van der Waals surface area contributed by atoms with Crippen LogP contribution in [0.5, 0.6) is 0 Å². The number of rotatable bonds is 3. The first-order chi connectivity index (χ1) is 10.7. The molecule has 1 atom stereocenters. The summed E-state index contributed by atoms with van der Waals surface area (Å²) in [6, 6.07) is 2.25. The lowest BCUT2D eigenvalue weighted by atomic mass is 9.86. The molecular formula is C16H16N4OS. The fraction of sp³-hybridized carbons (Fsp3) is 0.375. The maximum atomic E-state index is 12.2. The number of carbonyl (C=O) groups is 1. The van der Waals surface area contributed by atoms with Crippen LogP contribution < -0.4 is 5.32 Å². The molecule has 5 nitrogen and oxygen atoms in total. The largest absolute Gasteiger partial charge is 0.311 e. The third kappa shape index (κ3) is 2.72. The summed E-state index contributed by atoms with van der Waals surface area (Å²) in [5.74, 6) is 0.358. The summed E-state index contributed by atoms with van der Waals surface area (Å²) in [5, 5.41) is 12.9. The van der Waals surface area contributed by atoms with Gasteiger partial charge in [0.05, 0.1) is 11.8 Å². The van der Waals surface area contributed by atoms with Gasteiger partial charge in [-0.1, -0.05) is 13.3 Å². The number of fused-ring (bicyclic) bond motifs is 1. The highest BCUT2D eigenvalue weighted by atomic mass is 32.1. The fourth-order valence-corrected chi connectivity index (χ4v) is 4.10. The van der Waals surface area contributed by atoms with Crippen LogP contribution in [0.4, 0.5) is 5.00 Å². The molecule has 1 amide bonds. The fourth-order valence-electron chi connectivity index (χ4n) is 2.79. The highest BCUT2D eigenvalue weighted by Gasteiger charge is 2.26. The molecule has 1 N–H and O–H groups in total. The van der Waals surface area contributed by atoms with Gasteiger partial charge in [-0.25, -0.2) is 4.98 Å². The van der Waals surface area contributed by atoms with Crippen LogP contribution >= 0.6 is 11.3 Å². The molecule has 0 bridgehead atoms. The number of nitrogens with one attached hydrogen (secondary N) is 1. The van der Waals surface area contributed by atoms with Crippen molar-refractivity contribution in [3.05, 3.63) is 40.3 Å². The van der Waals surface area contributed by atoms with Gasteiger partial charge < -0.3 is 5.32 Å². The second kappa shape index (κ2) is 6.24. The van der Waals surface area contributed by atoms with Gasteiger partial charge in [-0.15, -0.1) is 11.3 Å². The molecule has 6 heteroatoms. The number of nitriles is 1. The molecule has 1 unspecified atom stereocenters. The third-order valence-corrected chi connectivity index (χ3v) is 5.25. The highest BCUT2D eigenvalue weighted by molar-refractivity contribution is 7.16. The number of nitrogens with zero attached hydrogens (tertiary/aromatic N) is 3. The molecule has 1 aliphatic rings. The van der Waals surface area contributed by atoms with Crippen molar-refractivity contribution < 1.29 is 4.79 Å². The first kappa shape index (κ1) is 14.7. The van der Waals surface area contributed by atoms with Crippen LogP contribution in [-0.4, -0.2) is 15.9 Å². The van der Waals surface area contributed by atoms with E-state index in [0.29, 0.717) is 16.5 Å². The van der Waals surface area contributed by atoms with E-state index in [1.807, 2.05) is 0 Å². The topological polar surface area (TPSA) is 78.7 Å². The number of hydrogen-bond donors (Lipinski definition) is 1. The van der Waals surface area contributed by atoms with Crippen LogP contribution in [0.2, 0.25) is 0 Å². The van der Waals surface area contributed by atoms with Crippen LogP contribution in [0.25, 0.3) is 0 Å². The van der Waals surface area contributed by atoms with Crippen molar-refractivity contribution in [3.63, 3.8) is 0 Å². The molecule has 2 heterocycles. The van der Waals surface area contributed by atoms with Gasteiger partial charge in [0.15, 0.2) is 0 Å². The molecule has 0 fully saturated rings. The summed E-state index contributed by atoms with van der Waals surface area (Å²) in [6.45, 7) is 2.20. The van der Waals surface area contributed by atoms with E-state index in [-0.39, 0.29) is 11.6 Å². The Labute approximate surface area is 133 Å². The molecule has 0 saturated carbocycles. The van der Waals surface area contributed by atoms with E-state index in [9.17, 15) is 10.1 Å². The van der Waals surface area contributed by atoms with Crippen molar-refractivity contribution in [2.24, 2.45) is 5.92 Å². The van der Waals surface area contributed by atoms with E-state index in [1.54, 1.807) is 0 Å². The second-order valence-electron chi connectivity index (χ2n) is 5.38. The molecule has 2 aromatic heterocycles. The lowest BCUT2D eigenvalue weighted by molar-refractivity contribution is 0.102. The molecular weight excluding hydrogens is 296 g/mol. The van der Waals surface area contributed by atoms with Gasteiger partial charge in [-0.05, 0) is 30.7 Å². The van der Waals surface area contributed by atoms with Crippen molar-refractivity contribution >= 4 is 22.2 Å². The predicted octanol–water partition coefficient (Wildman–Crippen LogP) is 3.18. The van der Waals surface area contributed by atoms with E-state index < -0.39 is 0 Å². The van der Waals surface area contributed by atoms with Crippen LogP contribution in [-0.2, 0) is 12.8 Å². The van der Waals surface area contributed by atoms with Gasteiger partial charge in [-0.2, -0.15) is 5.26 Å². The van der Waals surface area contributed by atoms with Crippen molar-refractivity contribution in [2.75, 3.05) is 5.32 Å². The van der Waals surface area contributed by atoms with Gasteiger partial charge in [0.2, 0.25) is 0 Å². The first-order valence-electron chi connectivity index (χ1n) is 7.35. The summed E-state index contributed by atoms with van der Waals surface area (Å²) >= 11 is 1.53. The minimum Gasteiger partial charge on any atom is -0.311 e. The summed E-state index contributed by atoms with van der Waals surface area (Å²) in [5.41, 5.74) is 1.99. The zero-order chi connectivity index (χ0) is 15.5. The third-order valence-electron chi connectivity index (χ3n) is 4.08. The Morgan fingerprint density at radius 1 is 1.55 bits per heavy atom. The molecule has 3 rings (SSSR count). The molecule has 0 aliphatic heterocycles. The molecule has 0 saturated heterocycles. The Bertz CT molecular complexity index is 733. The van der Waals surface area contributed by atoms with Crippen molar-refractivity contribution in [1.29, 1.82) is 5.26 Å². The Balaban J connectivity index is 1.87. The van der Waals surface area contributed by atoms with Crippen molar-refractivity contribution in [3.8, 4) is 6.07 Å². The quantitative estimate of drug-likeness (QED) is 0.944. The molecule has 0 aromatic carbocycles. The Morgan fingerprint density at radius 2 is 2.41 bits per heavy atom. The number of hydrogen-bond acceptors (Lipinski definition) is 5. The summed E-state index contributed by atoms with van der Waals surface area (Å²) in [7, 11) is 0. The predicted molar refractivity (Wildman–Crippen MR) is 84.8 cm³/mol. The van der Waals surface area contributed by atoms with Gasteiger partial charge in [0.25, 0.3) is 5.91 Å². The molecule has 112 valence electrons. The molecule has 1 aliphatic carbocycles. The van der Waals surface area contributed by atoms with Gasteiger partial charge in [0, 0.05) is 17.3 Å². The zero-order valence-corrected chi connectivity index (χ0v) is 13.1.